The van der Waals surface area contributed by atoms with E-state index in [1.165, 1.54) is 4.88 Å². The van der Waals surface area contributed by atoms with Crippen LogP contribution in [0.15, 0.2) is 48.7 Å². The molecule has 3 N–H and O–H groups in total. The van der Waals surface area contributed by atoms with Crippen molar-refractivity contribution in [3.05, 3.63) is 69.7 Å². The van der Waals surface area contributed by atoms with Gasteiger partial charge in [-0.15, -0.1) is 11.3 Å². The Kier molecular flexibility index (Phi) is 5.28. The maximum atomic E-state index is 12.3. The van der Waals surface area contributed by atoms with Crippen molar-refractivity contribution in [2.75, 3.05) is 5.32 Å². The molecule has 7 heteroatoms. The summed E-state index contributed by atoms with van der Waals surface area (Å²) in [5, 5.41) is 3.99. The van der Waals surface area contributed by atoms with Crippen LogP contribution in [-0.2, 0) is 11.2 Å². The molecule has 2 aromatic carbocycles. The van der Waals surface area contributed by atoms with Gasteiger partial charge in [-0.3, -0.25) is 9.59 Å². The van der Waals surface area contributed by atoms with Crippen LogP contribution in [0, 0.1) is 6.92 Å². The van der Waals surface area contributed by atoms with Crippen LogP contribution in [0.1, 0.15) is 25.8 Å². The number of benzene rings is 2. The van der Waals surface area contributed by atoms with Crippen LogP contribution in [0.25, 0.3) is 0 Å². The topological polar surface area (TPSA) is 94.3 Å². The first-order valence-electron chi connectivity index (χ1n) is 7.88. The van der Waals surface area contributed by atoms with E-state index in [2.05, 4.69) is 16.0 Å². The molecule has 1 aromatic heterocycles. The van der Waals surface area contributed by atoms with Crippen molar-refractivity contribution in [3.63, 3.8) is 0 Å². The molecule has 0 bridgehead atoms. The molecular formula is C19H17N3O3S. The maximum Gasteiger partial charge on any atom is 0.259 e. The van der Waals surface area contributed by atoms with Gasteiger partial charge in [0.1, 0.15) is 5.75 Å². The molecule has 3 aromatic rings. The quantitative estimate of drug-likeness (QED) is 0.678. The minimum atomic E-state index is -0.148. The van der Waals surface area contributed by atoms with Gasteiger partial charge in [-0.05, 0) is 36.8 Å². The first-order valence-corrected chi connectivity index (χ1v) is 8.70. The van der Waals surface area contributed by atoms with Crippen LogP contribution in [0.5, 0.6) is 11.5 Å². The van der Waals surface area contributed by atoms with Gasteiger partial charge >= 0.3 is 0 Å². The van der Waals surface area contributed by atoms with Gasteiger partial charge < -0.3 is 15.8 Å². The number of carbonyl (C=O) groups excluding carboxylic acids is 2. The first kappa shape index (κ1) is 17.6. The van der Waals surface area contributed by atoms with Gasteiger partial charge in [-0.1, -0.05) is 18.2 Å². The number of hydrogen-bond acceptors (Lipinski definition) is 5. The summed E-state index contributed by atoms with van der Waals surface area (Å²) in [6.07, 6.45) is 2.94. The van der Waals surface area contributed by atoms with Crippen molar-refractivity contribution in [1.29, 1.82) is 0 Å². The lowest BCUT2D eigenvalue weighted by Crippen LogP contribution is -2.10. The lowest BCUT2D eigenvalue weighted by Gasteiger charge is -2.09. The summed E-state index contributed by atoms with van der Waals surface area (Å²) in [7, 11) is 0. The summed E-state index contributed by atoms with van der Waals surface area (Å²) in [6, 6.07) is 13.1. The van der Waals surface area contributed by atoms with Crippen molar-refractivity contribution in [3.8, 4) is 11.5 Å². The fraction of sp³-hybridized carbons (Fsp3) is 0.105. The molecule has 0 atom stereocenters. The lowest BCUT2D eigenvalue weighted by atomic mass is 10.1. The van der Waals surface area contributed by atoms with E-state index in [0.29, 0.717) is 22.7 Å². The molecule has 1 aliphatic rings. The van der Waals surface area contributed by atoms with E-state index < -0.39 is 0 Å². The molecule has 0 unspecified atom stereocenters. The second kappa shape index (κ2) is 7.79. The molecule has 0 saturated heterocycles. The Morgan fingerprint density at radius 1 is 1.23 bits per heavy atom. The van der Waals surface area contributed by atoms with Gasteiger partial charge in [0.25, 0.3) is 5.91 Å². The Morgan fingerprint density at radius 2 is 2.00 bits per heavy atom. The van der Waals surface area contributed by atoms with Crippen LogP contribution in [0.4, 0.5) is 5.69 Å². The maximum absolute atomic E-state index is 12.3. The Morgan fingerprint density at radius 3 is 2.73 bits per heavy atom. The molecule has 0 saturated carbocycles. The zero-order chi connectivity index (χ0) is 18.5. The van der Waals surface area contributed by atoms with Crippen molar-refractivity contribution in [1.82, 2.24) is 4.98 Å². The molecule has 0 spiro atoms. The number of nitrogens with one attached hydrogen (secondary N) is 1. The Balaban J connectivity index is 0.000000613. The third kappa shape index (κ3) is 3.89. The molecule has 4 rings (SSSR count). The molecular weight excluding hydrogens is 350 g/mol. The van der Waals surface area contributed by atoms with Crippen LogP contribution in [0.3, 0.4) is 0 Å². The van der Waals surface area contributed by atoms with Crippen molar-refractivity contribution in [2.45, 2.75) is 13.3 Å². The van der Waals surface area contributed by atoms with Gasteiger partial charge in [-0.25, -0.2) is 4.98 Å². The highest BCUT2D eigenvalue weighted by atomic mass is 32.1. The number of aromatic nitrogens is 1. The Hall–Kier alpha value is -3.19. The van der Waals surface area contributed by atoms with E-state index in [0.717, 1.165) is 17.0 Å². The Labute approximate surface area is 154 Å². The van der Waals surface area contributed by atoms with E-state index in [9.17, 15) is 4.79 Å². The van der Waals surface area contributed by atoms with E-state index in [4.69, 9.17) is 9.53 Å². The number of hydrogen-bond donors (Lipinski definition) is 2. The summed E-state index contributed by atoms with van der Waals surface area (Å²) in [4.78, 5) is 26.4. The molecule has 26 heavy (non-hydrogen) atoms. The number of nitrogens with zero attached hydrogens (tertiary/aromatic N) is 1. The van der Waals surface area contributed by atoms with Gasteiger partial charge in [0.15, 0.2) is 5.75 Å². The number of aryl methyl sites for hydroxylation is 1. The highest BCUT2D eigenvalue weighted by Gasteiger charge is 2.20. The number of para-hydroxylation sites is 1. The van der Waals surface area contributed by atoms with Crippen LogP contribution < -0.4 is 15.8 Å². The molecule has 0 fully saturated rings. The number of primary amides is 1. The second-order valence-electron chi connectivity index (χ2n) is 5.54. The van der Waals surface area contributed by atoms with E-state index >= 15 is 0 Å². The second-order valence-corrected chi connectivity index (χ2v) is 6.86. The van der Waals surface area contributed by atoms with Crippen LogP contribution >= 0.6 is 11.3 Å². The number of thiazole rings is 1. The number of fused-ring (bicyclic) bond motifs is 2. The highest BCUT2D eigenvalue weighted by Crippen LogP contribution is 2.36. The normalized spacial score (nSPS) is 11.7. The smallest absolute Gasteiger partial charge is 0.259 e. The fourth-order valence-electron chi connectivity index (χ4n) is 2.61. The lowest BCUT2D eigenvalue weighted by molar-refractivity contribution is -0.106. The molecule has 132 valence electrons. The fourth-order valence-corrected chi connectivity index (χ4v) is 3.44. The number of carbonyl (C=O) groups is 2. The average Bonchev–Trinajstić information content (AvgIpc) is 2.96. The predicted molar refractivity (Wildman–Crippen MR) is 101 cm³/mol. The number of amides is 2. The number of nitrogens with two attached hydrogens (primary N) is 1. The molecule has 1 aliphatic heterocycles. The predicted octanol–water partition coefficient (Wildman–Crippen LogP) is 3.50. The molecule has 0 radical (unpaired) electrons. The molecule has 2 heterocycles. The highest BCUT2D eigenvalue weighted by molar-refractivity contribution is 7.11. The summed E-state index contributed by atoms with van der Waals surface area (Å²) in [5.41, 5.74) is 6.52. The number of rotatable bonds is 2. The summed E-state index contributed by atoms with van der Waals surface area (Å²) >= 11 is 1.68. The summed E-state index contributed by atoms with van der Waals surface area (Å²) in [5.74, 6) is 1.09. The van der Waals surface area contributed by atoms with Crippen molar-refractivity contribution in [2.24, 2.45) is 5.73 Å². The van der Waals surface area contributed by atoms with Crippen molar-refractivity contribution >= 4 is 29.3 Å². The average molecular weight is 367 g/mol. The minimum Gasteiger partial charge on any atom is -0.454 e. The minimum absolute atomic E-state index is 0.148. The summed E-state index contributed by atoms with van der Waals surface area (Å²) < 4.78 is 5.89. The zero-order valence-electron chi connectivity index (χ0n) is 14.1. The standard InChI is InChI=1S/C18H14N2O2S.CH3NO/c1-11-19-10-13(23-11)8-12-6-7-17-15(9-12)20-18(21)14-4-2-3-5-16(14)22-17;2-1-3/h2-7,9-10H,8H2,1H3,(H,20,21);1H,(H2,2,3). The molecule has 6 nitrogen and oxygen atoms in total. The SMILES string of the molecule is Cc1ncc(Cc2ccc3c(c2)NC(=O)c2ccccc2O3)s1.NC=O. The third-order valence-electron chi connectivity index (χ3n) is 3.69. The van der Waals surface area contributed by atoms with Crippen LogP contribution in [0.2, 0.25) is 0 Å². The van der Waals surface area contributed by atoms with E-state index in [1.54, 1.807) is 23.5 Å². The number of ether oxygens (including phenoxy) is 1. The first-order chi connectivity index (χ1) is 12.6. The van der Waals surface area contributed by atoms with Crippen molar-refractivity contribution < 1.29 is 14.3 Å². The van der Waals surface area contributed by atoms with E-state index in [-0.39, 0.29) is 12.3 Å². The van der Waals surface area contributed by atoms with Gasteiger partial charge in [0.2, 0.25) is 6.41 Å². The van der Waals surface area contributed by atoms with Gasteiger partial charge in [0, 0.05) is 17.5 Å². The molecule has 2 amide bonds. The van der Waals surface area contributed by atoms with Crippen LogP contribution in [-0.4, -0.2) is 17.3 Å². The molecule has 0 aliphatic carbocycles. The van der Waals surface area contributed by atoms with Gasteiger partial charge in [-0.2, -0.15) is 0 Å². The van der Waals surface area contributed by atoms with E-state index in [1.807, 2.05) is 43.5 Å². The zero-order valence-corrected chi connectivity index (χ0v) is 14.9. The Bertz CT molecular complexity index is 953. The summed E-state index contributed by atoms with van der Waals surface area (Å²) in [6.45, 7) is 2.00. The monoisotopic (exact) mass is 367 g/mol. The van der Waals surface area contributed by atoms with Gasteiger partial charge in [0.05, 0.1) is 16.3 Å². The third-order valence-corrected chi connectivity index (χ3v) is 4.60. The largest absolute Gasteiger partial charge is 0.454 e. The number of anilines is 1.